The number of halogens is 1. The van der Waals surface area contributed by atoms with Gasteiger partial charge in [-0.05, 0) is 33.6 Å². The molecule has 0 unspecified atom stereocenters. The van der Waals surface area contributed by atoms with Crippen LogP contribution < -0.4 is 10.5 Å². The number of nitrogens with two attached hydrogens (primary N) is 1. The zero-order chi connectivity index (χ0) is 15.5. The Morgan fingerprint density at radius 1 is 1.29 bits per heavy atom. The SMILES string of the molecule is NC(=S)c1ccccc1CS(=O)(=O)Nc1ncccc1Br. The minimum atomic E-state index is -3.62. The van der Waals surface area contributed by atoms with Gasteiger partial charge >= 0.3 is 0 Å². The van der Waals surface area contributed by atoms with Gasteiger partial charge in [0, 0.05) is 11.8 Å². The van der Waals surface area contributed by atoms with E-state index in [2.05, 4.69) is 25.6 Å². The predicted octanol–water partition coefficient (Wildman–Crippen LogP) is 2.42. The molecule has 5 nitrogen and oxygen atoms in total. The fourth-order valence-corrected chi connectivity index (χ4v) is 3.61. The van der Waals surface area contributed by atoms with Crippen molar-refractivity contribution in [3.05, 3.63) is 58.2 Å². The smallest absolute Gasteiger partial charge is 0.238 e. The molecule has 0 aliphatic carbocycles. The second-order valence-corrected chi connectivity index (χ2v) is 7.23. The van der Waals surface area contributed by atoms with Crippen molar-refractivity contribution in [2.75, 3.05) is 4.72 Å². The number of pyridine rings is 1. The van der Waals surface area contributed by atoms with Gasteiger partial charge in [0.15, 0.2) is 5.82 Å². The topological polar surface area (TPSA) is 85.1 Å². The first-order valence-corrected chi connectivity index (χ1v) is 8.73. The number of nitrogens with one attached hydrogen (secondary N) is 1. The van der Waals surface area contributed by atoms with Gasteiger partial charge in [0.05, 0.1) is 10.2 Å². The Kier molecular flexibility index (Phi) is 4.92. The number of sulfonamides is 1. The average molecular weight is 386 g/mol. The Morgan fingerprint density at radius 2 is 2.00 bits per heavy atom. The molecule has 1 heterocycles. The van der Waals surface area contributed by atoms with Gasteiger partial charge in [-0.3, -0.25) is 4.72 Å². The lowest BCUT2D eigenvalue weighted by Crippen LogP contribution is -2.19. The van der Waals surface area contributed by atoms with E-state index < -0.39 is 10.0 Å². The third-order valence-electron chi connectivity index (χ3n) is 2.64. The van der Waals surface area contributed by atoms with Crippen LogP contribution in [0.4, 0.5) is 5.82 Å². The highest BCUT2D eigenvalue weighted by Crippen LogP contribution is 2.21. The molecule has 0 saturated carbocycles. The summed E-state index contributed by atoms with van der Waals surface area (Å²) >= 11 is 8.17. The van der Waals surface area contributed by atoms with Crippen LogP contribution >= 0.6 is 28.1 Å². The van der Waals surface area contributed by atoms with E-state index in [-0.39, 0.29) is 16.6 Å². The number of thiocarbonyl (C=S) groups is 1. The van der Waals surface area contributed by atoms with Crippen molar-refractivity contribution in [1.82, 2.24) is 4.98 Å². The number of hydrogen-bond donors (Lipinski definition) is 2. The van der Waals surface area contributed by atoms with Gasteiger partial charge in [-0.2, -0.15) is 0 Å². The van der Waals surface area contributed by atoms with Crippen LogP contribution in [0, 0.1) is 0 Å². The molecular weight excluding hydrogens is 374 g/mol. The molecular formula is C13H12BrN3O2S2. The molecule has 0 aliphatic rings. The Bertz CT molecular complexity index is 778. The molecule has 0 spiro atoms. The third-order valence-corrected chi connectivity index (χ3v) is 4.69. The summed E-state index contributed by atoms with van der Waals surface area (Å²) < 4.78 is 27.5. The van der Waals surface area contributed by atoms with Gasteiger partial charge in [0.25, 0.3) is 0 Å². The van der Waals surface area contributed by atoms with E-state index in [0.29, 0.717) is 15.6 Å². The number of hydrogen-bond acceptors (Lipinski definition) is 4. The lowest BCUT2D eigenvalue weighted by atomic mass is 10.1. The van der Waals surface area contributed by atoms with E-state index in [4.69, 9.17) is 18.0 Å². The van der Waals surface area contributed by atoms with E-state index in [1.54, 1.807) is 36.4 Å². The molecule has 21 heavy (non-hydrogen) atoms. The van der Waals surface area contributed by atoms with Crippen molar-refractivity contribution in [3.8, 4) is 0 Å². The zero-order valence-corrected chi connectivity index (χ0v) is 14.0. The summed E-state index contributed by atoms with van der Waals surface area (Å²) in [5.41, 5.74) is 6.71. The molecule has 2 aromatic rings. The van der Waals surface area contributed by atoms with Crippen LogP contribution in [0.2, 0.25) is 0 Å². The highest BCUT2D eigenvalue weighted by Gasteiger charge is 2.17. The van der Waals surface area contributed by atoms with E-state index >= 15 is 0 Å². The summed E-state index contributed by atoms with van der Waals surface area (Å²) in [6.45, 7) is 0. The van der Waals surface area contributed by atoms with Gasteiger partial charge in [0.1, 0.15) is 4.99 Å². The Morgan fingerprint density at radius 3 is 2.67 bits per heavy atom. The zero-order valence-electron chi connectivity index (χ0n) is 10.8. The Hall–Kier alpha value is -1.51. The maximum absolute atomic E-state index is 12.2. The molecule has 3 N–H and O–H groups in total. The summed E-state index contributed by atoms with van der Waals surface area (Å²) in [5.74, 6) is 0.00841. The summed E-state index contributed by atoms with van der Waals surface area (Å²) in [4.78, 5) is 4.14. The first-order valence-electron chi connectivity index (χ1n) is 5.88. The molecule has 0 amide bonds. The molecule has 0 fully saturated rings. The van der Waals surface area contributed by atoms with E-state index in [0.717, 1.165) is 0 Å². The third kappa shape index (κ3) is 4.23. The number of rotatable bonds is 5. The minimum absolute atomic E-state index is 0.166. The summed E-state index contributed by atoms with van der Waals surface area (Å²) in [6, 6.07) is 10.3. The molecule has 8 heteroatoms. The normalized spacial score (nSPS) is 11.1. The highest BCUT2D eigenvalue weighted by molar-refractivity contribution is 9.10. The monoisotopic (exact) mass is 385 g/mol. The first-order chi connectivity index (χ1) is 9.89. The van der Waals surface area contributed by atoms with Crippen LogP contribution in [-0.4, -0.2) is 18.4 Å². The Labute approximate surface area is 136 Å². The van der Waals surface area contributed by atoms with Crippen molar-refractivity contribution < 1.29 is 8.42 Å². The highest BCUT2D eigenvalue weighted by atomic mass is 79.9. The second-order valence-electron chi connectivity index (χ2n) is 4.22. The number of nitrogens with zero attached hydrogens (tertiary/aromatic N) is 1. The van der Waals surface area contributed by atoms with E-state index in [9.17, 15) is 8.42 Å². The molecule has 0 radical (unpaired) electrons. The largest absolute Gasteiger partial charge is 0.389 e. The van der Waals surface area contributed by atoms with Crippen molar-refractivity contribution >= 4 is 49.0 Å². The van der Waals surface area contributed by atoms with E-state index in [1.165, 1.54) is 6.20 Å². The van der Waals surface area contributed by atoms with Gasteiger partial charge < -0.3 is 5.73 Å². The van der Waals surface area contributed by atoms with Crippen LogP contribution in [0.3, 0.4) is 0 Å². The molecule has 0 saturated heterocycles. The van der Waals surface area contributed by atoms with Crippen LogP contribution in [0.5, 0.6) is 0 Å². The van der Waals surface area contributed by atoms with Crippen LogP contribution in [0.1, 0.15) is 11.1 Å². The molecule has 0 aliphatic heterocycles. The average Bonchev–Trinajstić information content (AvgIpc) is 2.41. The van der Waals surface area contributed by atoms with E-state index in [1.807, 2.05) is 0 Å². The maximum Gasteiger partial charge on any atom is 0.238 e. The number of benzene rings is 1. The van der Waals surface area contributed by atoms with Crippen LogP contribution in [0.15, 0.2) is 47.1 Å². The molecule has 1 aromatic heterocycles. The maximum atomic E-state index is 12.2. The van der Waals surface area contributed by atoms with Crippen molar-refractivity contribution in [2.45, 2.75) is 5.75 Å². The van der Waals surface area contributed by atoms with Crippen LogP contribution in [-0.2, 0) is 15.8 Å². The predicted molar refractivity (Wildman–Crippen MR) is 90.5 cm³/mol. The van der Waals surface area contributed by atoms with Gasteiger partial charge in [-0.1, -0.05) is 36.5 Å². The summed E-state index contributed by atoms with van der Waals surface area (Å²) in [7, 11) is -3.62. The summed E-state index contributed by atoms with van der Waals surface area (Å²) in [6.07, 6.45) is 1.51. The van der Waals surface area contributed by atoms with Crippen molar-refractivity contribution in [2.24, 2.45) is 5.73 Å². The fraction of sp³-hybridized carbons (Fsp3) is 0.0769. The minimum Gasteiger partial charge on any atom is -0.389 e. The molecule has 0 atom stereocenters. The van der Waals surface area contributed by atoms with Crippen LogP contribution in [0.25, 0.3) is 0 Å². The van der Waals surface area contributed by atoms with Gasteiger partial charge in [-0.15, -0.1) is 0 Å². The molecule has 110 valence electrons. The lowest BCUT2D eigenvalue weighted by Gasteiger charge is -2.11. The van der Waals surface area contributed by atoms with Gasteiger partial charge in [0.2, 0.25) is 10.0 Å². The standard InChI is InChI=1S/C13H12BrN3O2S2/c14-11-6-3-7-16-13(11)17-21(18,19)8-9-4-1-2-5-10(9)12(15)20/h1-7H,8H2,(H2,15,20)(H,16,17). The first kappa shape index (κ1) is 15.9. The summed E-state index contributed by atoms with van der Waals surface area (Å²) in [5, 5.41) is 0. The fourth-order valence-electron chi connectivity index (χ4n) is 1.74. The van der Waals surface area contributed by atoms with Gasteiger partial charge in [-0.25, -0.2) is 13.4 Å². The Balaban J connectivity index is 2.27. The van der Waals surface area contributed by atoms with Crippen molar-refractivity contribution in [1.29, 1.82) is 0 Å². The van der Waals surface area contributed by atoms with Crippen molar-refractivity contribution in [3.63, 3.8) is 0 Å². The molecule has 2 rings (SSSR count). The molecule has 1 aromatic carbocycles. The number of aromatic nitrogens is 1. The molecule has 0 bridgehead atoms. The second kappa shape index (κ2) is 6.50. The lowest BCUT2D eigenvalue weighted by molar-refractivity contribution is 0.600. The number of anilines is 1. The quantitative estimate of drug-likeness (QED) is 0.771.